The topological polar surface area (TPSA) is 3.24 Å². The van der Waals surface area contributed by atoms with Crippen LogP contribution in [-0.4, -0.2) is 13.6 Å². The molecule has 0 unspecified atom stereocenters. The third-order valence-electron chi connectivity index (χ3n) is 2.74. The SMILES string of the molecule is CC1=CCN(C)c2c(CCl)cccc21. The number of benzene rings is 1. The van der Waals surface area contributed by atoms with Gasteiger partial charge in [-0.05, 0) is 18.1 Å². The zero-order valence-corrected chi connectivity index (χ0v) is 9.30. The van der Waals surface area contributed by atoms with Gasteiger partial charge in [-0.3, -0.25) is 0 Å². The number of hydrogen-bond acceptors (Lipinski definition) is 1. The minimum absolute atomic E-state index is 0.584. The molecule has 2 heteroatoms. The summed E-state index contributed by atoms with van der Waals surface area (Å²) in [5.41, 5.74) is 5.18. The fourth-order valence-corrected chi connectivity index (χ4v) is 2.16. The third-order valence-corrected chi connectivity index (χ3v) is 3.03. The normalized spacial score (nSPS) is 15.1. The van der Waals surface area contributed by atoms with Crippen LogP contribution in [-0.2, 0) is 5.88 Å². The van der Waals surface area contributed by atoms with Crippen LogP contribution < -0.4 is 4.90 Å². The fraction of sp³-hybridized carbons (Fsp3) is 0.333. The highest BCUT2D eigenvalue weighted by Gasteiger charge is 2.16. The third kappa shape index (κ3) is 1.42. The monoisotopic (exact) mass is 207 g/mol. The average Bonchev–Trinajstić information content (AvgIpc) is 2.23. The summed E-state index contributed by atoms with van der Waals surface area (Å²) in [6, 6.07) is 6.33. The highest BCUT2D eigenvalue weighted by Crippen LogP contribution is 2.33. The molecule has 1 aliphatic heterocycles. The molecular weight excluding hydrogens is 194 g/mol. The molecule has 0 aromatic heterocycles. The van der Waals surface area contributed by atoms with Crippen molar-refractivity contribution in [1.29, 1.82) is 0 Å². The fourth-order valence-electron chi connectivity index (χ4n) is 1.94. The van der Waals surface area contributed by atoms with Crippen LogP contribution in [0.1, 0.15) is 18.1 Å². The number of fused-ring (bicyclic) bond motifs is 1. The Hall–Kier alpha value is -0.950. The first-order chi connectivity index (χ1) is 6.74. The summed E-state index contributed by atoms with van der Waals surface area (Å²) in [5.74, 6) is 0.584. The molecule has 0 atom stereocenters. The van der Waals surface area contributed by atoms with Crippen LogP contribution in [0.2, 0.25) is 0 Å². The number of rotatable bonds is 1. The maximum atomic E-state index is 5.93. The van der Waals surface area contributed by atoms with Crippen molar-refractivity contribution in [3.63, 3.8) is 0 Å². The summed E-state index contributed by atoms with van der Waals surface area (Å²) in [4.78, 5) is 2.25. The molecule has 1 heterocycles. The Labute approximate surface area is 90.0 Å². The molecule has 0 N–H and O–H groups in total. The smallest absolute Gasteiger partial charge is 0.0494 e. The standard InChI is InChI=1S/C12H14ClN/c1-9-6-7-14(2)12-10(8-13)4-3-5-11(9)12/h3-6H,7-8H2,1-2H3. The number of hydrogen-bond donors (Lipinski definition) is 0. The Bertz CT molecular complexity index is 382. The lowest BCUT2D eigenvalue weighted by Gasteiger charge is -2.28. The molecule has 0 bridgehead atoms. The predicted molar refractivity (Wildman–Crippen MR) is 62.9 cm³/mol. The molecule has 0 radical (unpaired) electrons. The summed E-state index contributed by atoms with van der Waals surface area (Å²) < 4.78 is 0. The van der Waals surface area contributed by atoms with Crippen LogP contribution in [0, 0.1) is 0 Å². The van der Waals surface area contributed by atoms with Crippen LogP contribution in [0.5, 0.6) is 0 Å². The van der Waals surface area contributed by atoms with E-state index in [1.54, 1.807) is 0 Å². The van der Waals surface area contributed by atoms with Crippen molar-refractivity contribution in [3.8, 4) is 0 Å². The largest absolute Gasteiger partial charge is 0.370 e. The van der Waals surface area contributed by atoms with Gasteiger partial charge in [-0.25, -0.2) is 0 Å². The average molecular weight is 208 g/mol. The van der Waals surface area contributed by atoms with E-state index in [0.29, 0.717) is 5.88 Å². The molecule has 2 rings (SSSR count). The van der Waals surface area contributed by atoms with Gasteiger partial charge in [-0.2, -0.15) is 0 Å². The van der Waals surface area contributed by atoms with Crippen molar-refractivity contribution in [3.05, 3.63) is 35.4 Å². The van der Waals surface area contributed by atoms with Crippen molar-refractivity contribution in [2.45, 2.75) is 12.8 Å². The maximum absolute atomic E-state index is 5.93. The molecule has 0 aliphatic carbocycles. The van der Waals surface area contributed by atoms with E-state index in [1.165, 1.54) is 22.4 Å². The molecule has 0 saturated carbocycles. The number of anilines is 1. The molecule has 74 valence electrons. The predicted octanol–water partition coefficient (Wildman–Crippen LogP) is 3.28. The van der Waals surface area contributed by atoms with Crippen molar-refractivity contribution >= 4 is 22.9 Å². The summed E-state index contributed by atoms with van der Waals surface area (Å²) in [6.45, 7) is 3.14. The number of alkyl halides is 1. The lowest BCUT2D eigenvalue weighted by atomic mass is 9.97. The second-order valence-electron chi connectivity index (χ2n) is 3.71. The van der Waals surface area contributed by atoms with Gasteiger partial charge in [0.25, 0.3) is 0 Å². The number of halogens is 1. The maximum Gasteiger partial charge on any atom is 0.0494 e. The highest BCUT2D eigenvalue weighted by molar-refractivity contribution is 6.17. The van der Waals surface area contributed by atoms with Crippen molar-refractivity contribution in [2.75, 3.05) is 18.5 Å². The van der Waals surface area contributed by atoms with E-state index >= 15 is 0 Å². The van der Waals surface area contributed by atoms with Crippen molar-refractivity contribution in [1.82, 2.24) is 0 Å². The number of allylic oxidation sites excluding steroid dienone is 1. The minimum Gasteiger partial charge on any atom is -0.370 e. The molecule has 1 aromatic rings. The van der Waals surface area contributed by atoms with Crippen molar-refractivity contribution in [2.24, 2.45) is 0 Å². The molecule has 1 aliphatic rings. The lowest BCUT2D eigenvalue weighted by molar-refractivity contribution is 0.998. The van der Waals surface area contributed by atoms with E-state index in [1.807, 2.05) is 0 Å². The zero-order valence-electron chi connectivity index (χ0n) is 8.55. The van der Waals surface area contributed by atoms with Gasteiger partial charge in [-0.1, -0.05) is 24.3 Å². The first-order valence-corrected chi connectivity index (χ1v) is 5.33. The quantitative estimate of drug-likeness (QED) is 0.639. The molecule has 1 nitrogen and oxygen atoms in total. The Morgan fingerprint density at radius 2 is 2.21 bits per heavy atom. The van der Waals surface area contributed by atoms with Gasteiger partial charge in [0.2, 0.25) is 0 Å². The molecule has 14 heavy (non-hydrogen) atoms. The zero-order chi connectivity index (χ0) is 10.1. The minimum atomic E-state index is 0.584. The first-order valence-electron chi connectivity index (χ1n) is 4.80. The Morgan fingerprint density at radius 1 is 1.43 bits per heavy atom. The van der Waals surface area contributed by atoms with Gasteiger partial charge in [-0.15, -0.1) is 11.6 Å². The van der Waals surface area contributed by atoms with Crippen LogP contribution in [0.25, 0.3) is 5.57 Å². The summed E-state index contributed by atoms with van der Waals surface area (Å²) in [5, 5.41) is 0. The van der Waals surface area contributed by atoms with E-state index in [9.17, 15) is 0 Å². The summed E-state index contributed by atoms with van der Waals surface area (Å²) in [6.07, 6.45) is 2.25. The Balaban J connectivity index is 2.62. The molecule has 0 spiro atoms. The van der Waals surface area contributed by atoms with Crippen LogP contribution in [0.15, 0.2) is 24.3 Å². The van der Waals surface area contributed by atoms with Gasteiger partial charge in [0.15, 0.2) is 0 Å². The van der Waals surface area contributed by atoms with E-state index < -0.39 is 0 Å². The number of para-hydroxylation sites is 1. The second-order valence-corrected chi connectivity index (χ2v) is 3.98. The lowest BCUT2D eigenvalue weighted by Crippen LogP contribution is -2.22. The molecular formula is C12H14ClN. The number of nitrogens with zero attached hydrogens (tertiary/aromatic N) is 1. The van der Waals surface area contributed by atoms with Gasteiger partial charge in [0.1, 0.15) is 0 Å². The first kappa shape index (κ1) is 9.60. The van der Waals surface area contributed by atoms with Crippen molar-refractivity contribution < 1.29 is 0 Å². The van der Waals surface area contributed by atoms with Gasteiger partial charge in [0, 0.05) is 30.7 Å². The molecule has 1 aromatic carbocycles. The Kier molecular flexibility index (Phi) is 2.51. The Morgan fingerprint density at radius 3 is 2.93 bits per heavy atom. The van der Waals surface area contributed by atoms with Crippen LogP contribution >= 0.6 is 11.6 Å². The van der Waals surface area contributed by atoms with E-state index in [4.69, 9.17) is 11.6 Å². The molecule has 0 amide bonds. The van der Waals surface area contributed by atoms with Crippen LogP contribution in [0.3, 0.4) is 0 Å². The summed E-state index contributed by atoms with van der Waals surface area (Å²) >= 11 is 5.93. The number of likely N-dealkylation sites (N-methyl/N-ethyl adjacent to an activating group) is 1. The van der Waals surface area contributed by atoms with Gasteiger partial charge >= 0.3 is 0 Å². The van der Waals surface area contributed by atoms with E-state index in [0.717, 1.165) is 6.54 Å². The van der Waals surface area contributed by atoms with E-state index in [-0.39, 0.29) is 0 Å². The van der Waals surface area contributed by atoms with Gasteiger partial charge < -0.3 is 4.90 Å². The molecule has 0 saturated heterocycles. The van der Waals surface area contributed by atoms with Crippen LogP contribution in [0.4, 0.5) is 5.69 Å². The molecule has 0 fully saturated rings. The van der Waals surface area contributed by atoms with E-state index in [2.05, 4.69) is 43.1 Å². The summed E-state index contributed by atoms with van der Waals surface area (Å²) in [7, 11) is 2.11. The highest BCUT2D eigenvalue weighted by atomic mass is 35.5. The van der Waals surface area contributed by atoms with Gasteiger partial charge in [0.05, 0.1) is 0 Å². The second kappa shape index (κ2) is 3.66.